The summed E-state index contributed by atoms with van der Waals surface area (Å²) in [6, 6.07) is 40.5. The van der Waals surface area contributed by atoms with Crippen LogP contribution in [0.3, 0.4) is 0 Å². The van der Waals surface area contributed by atoms with E-state index in [0.29, 0.717) is 39.8 Å². The molecular formula is C96H148N2O12. The fourth-order valence-electron chi connectivity index (χ4n) is 13.6. The molecule has 0 spiro atoms. The van der Waals surface area contributed by atoms with Crippen LogP contribution >= 0.6 is 0 Å². The zero-order chi connectivity index (χ0) is 82.4. The number of carbonyl (C=O) groups excluding carboxylic acids is 4. The maximum Gasteiger partial charge on any atom is 0.349 e. The van der Waals surface area contributed by atoms with Crippen molar-refractivity contribution in [2.24, 2.45) is 46.3 Å². The smallest absolute Gasteiger partial charge is 0.349 e. The Morgan fingerprint density at radius 1 is 0.364 bits per heavy atom. The van der Waals surface area contributed by atoms with Crippen LogP contribution < -0.4 is 0 Å². The number of nitriles is 2. The third kappa shape index (κ3) is 42.5. The van der Waals surface area contributed by atoms with Crippen molar-refractivity contribution in [1.29, 1.82) is 10.5 Å². The van der Waals surface area contributed by atoms with Gasteiger partial charge in [0.1, 0.15) is 36.5 Å². The van der Waals surface area contributed by atoms with E-state index in [9.17, 15) is 44.7 Å². The lowest BCUT2D eigenvalue weighted by Gasteiger charge is -2.34. The van der Waals surface area contributed by atoms with Gasteiger partial charge in [0.2, 0.25) is 0 Å². The Bertz CT molecular complexity index is 3140. The summed E-state index contributed by atoms with van der Waals surface area (Å²) in [4.78, 5) is 85.2. The largest absolute Gasteiger partial charge is 0.481 e. The van der Waals surface area contributed by atoms with Crippen LogP contribution in [0, 0.1) is 69.0 Å². The van der Waals surface area contributed by atoms with Gasteiger partial charge in [-0.1, -0.05) is 418 Å². The van der Waals surface area contributed by atoms with Gasteiger partial charge < -0.3 is 29.2 Å². The molecule has 14 nitrogen and oxygen atoms in total. The number of rotatable bonds is 55. The van der Waals surface area contributed by atoms with E-state index >= 15 is 4.79 Å². The third-order valence-electron chi connectivity index (χ3n) is 19.8. The molecule has 0 saturated carbocycles. The lowest BCUT2D eigenvalue weighted by Crippen LogP contribution is -2.41. The standard InChI is InChI=1S/C88H124N2O12.4C2H6/c1-9-11-13-15-17-19-21-23-25-27-29-31-33-39-49-67(3)59-75(84(96)100-64-88(7,8)66-102-86(98)77(62-90)79(71-54-45-37-46-55-71)72-56-47-38-48-57-72)80(82(93)94)73(58-40-34-32-30-28-26-24-22-20-18-16-14-12-10-2)60-74(81(91)92)68(4)83(95)99-63-87(5,6)65-101-85(97)76(61-89)78(69-50-41-35-42-51-69)70-52-43-36-44-53-70;4*1-2/h35-38,41-48,50-57,67-68,73-75,80H,9-34,39-40,49,58-60,63-66H2,1-8H3,(H,91,92)(H,93,94);4*1-2H3. The number of benzene rings is 4. The maximum absolute atomic E-state index is 15.1. The van der Waals surface area contributed by atoms with Crippen molar-refractivity contribution < 1.29 is 57.9 Å². The van der Waals surface area contributed by atoms with Gasteiger partial charge in [-0.2, -0.15) is 10.5 Å². The van der Waals surface area contributed by atoms with Crippen molar-refractivity contribution in [2.45, 2.75) is 316 Å². The molecule has 0 fully saturated rings. The second kappa shape index (κ2) is 63.8. The van der Waals surface area contributed by atoms with Crippen LogP contribution in [-0.2, 0) is 47.7 Å². The number of carbonyl (C=O) groups is 6. The van der Waals surface area contributed by atoms with Gasteiger partial charge in [0.05, 0.1) is 36.9 Å². The topological polar surface area (TPSA) is 227 Å². The molecule has 4 rings (SSSR count). The van der Waals surface area contributed by atoms with Gasteiger partial charge in [0.15, 0.2) is 0 Å². The van der Waals surface area contributed by atoms with E-state index in [2.05, 4.69) is 26.0 Å². The van der Waals surface area contributed by atoms with E-state index < -0.39 is 76.2 Å². The van der Waals surface area contributed by atoms with E-state index in [1.807, 2.05) is 159 Å². The molecular weight excluding hydrogens is 1370 g/mol. The molecule has 14 heteroatoms. The van der Waals surface area contributed by atoms with Crippen molar-refractivity contribution >= 4 is 47.0 Å². The molecule has 0 aliphatic rings. The summed E-state index contributed by atoms with van der Waals surface area (Å²) >= 11 is 0. The molecule has 0 aromatic heterocycles. The molecule has 4 aromatic carbocycles. The SMILES string of the molecule is CC.CC.CC.CC.CCCCCCCCCCCCCCCCC(C)CC(C(=O)OCC(C)(C)COC(=O)C(C#N)=C(c1ccccc1)c1ccccc1)C(C(=O)O)C(CCCCCCCCCCCCCCCC)CC(C(=O)O)C(C)C(=O)OCC(C)(C)COC(=O)C(C#N)=C(c1ccccc1)c1ccccc1. The number of hydrogen-bond acceptors (Lipinski definition) is 12. The van der Waals surface area contributed by atoms with Crippen molar-refractivity contribution in [3.05, 3.63) is 155 Å². The number of carboxylic acids is 2. The summed E-state index contributed by atoms with van der Waals surface area (Å²) in [5.74, 6) is -12.3. The Morgan fingerprint density at radius 2 is 0.636 bits per heavy atom. The van der Waals surface area contributed by atoms with Crippen LogP contribution in [0.5, 0.6) is 0 Å². The third-order valence-corrected chi connectivity index (χ3v) is 19.8. The van der Waals surface area contributed by atoms with E-state index in [0.717, 1.165) is 64.2 Å². The number of nitrogens with zero attached hydrogens (tertiary/aromatic N) is 2. The average molecular weight is 1520 g/mol. The summed E-state index contributed by atoms with van der Waals surface area (Å²) in [6.07, 6.45) is 33.3. The summed E-state index contributed by atoms with van der Waals surface area (Å²) in [5.41, 5.74) is 0.944. The molecule has 0 aliphatic heterocycles. The highest BCUT2D eigenvalue weighted by Crippen LogP contribution is 2.40. The minimum atomic E-state index is -1.43. The first-order valence-corrected chi connectivity index (χ1v) is 42.8. The highest BCUT2D eigenvalue weighted by Gasteiger charge is 2.45. The Morgan fingerprint density at radius 3 is 0.918 bits per heavy atom. The predicted molar refractivity (Wildman–Crippen MR) is 452 cm³/mol. The van der Waals surface area contributed by atoms with Gasteiger partial charge in [-0.15, -0.1) is 0 Å². The van der Waals surface area contributed by atoms with Crippen molar-refractivity contribution in [2.75, 3.05) is 26.4 Å². The van der Waals surface area contributed by atoms with Gasteiger partial charge in [-0.3, -0.25) is 19.2 Å². The second-order valence-electron chi connectivity index (χ2n) is 30.2. The molecule has 0 bridgehead atoms. The Balaban J connectivity index is 0.0000143. The molecule has 110 heavy (non-hydrogen) atoms. The molecule has 6 unspecified atom stereocenters. The molecule has 0 heterocycles. The Kier molecular flexibility index (Phi) is 59.2. The number of aliphatic carboxylic acids is 2. The van der Waals surface area contributed by atoms with E-state index in [1.165, 1.54) is 122 Å². The minimum absolute atomic E-state index is 0.124. The lowest BCUT2D eigenvalue weighted by molar-refractivity contribution is -0.166. The van der Waals surface area contributed by atoms with Gasteiger partial charge in [-0.25, -0.2) is 9.59 Å². The van der Waals surface area contributed by atoms with Crippen LogP contribution in [0.15, 0.2) is 132 Å². The summed E-state index contributed by atoms with van der Waals surface area (Å²) in [6.45, 7) is 29.8. The molecule has 614 valence electrons. The number of esters is 4. The molecule has 2 N–H and O–H groups in total. The number of carboxylic acid groups (broad SMARTS) is 2. The van der Waals surface area contributed by atoms with Crippen LogP contribution in [-0.4, -0.2) is 72.5 Å². The highest BCUT2D eigenvalue weighted by molar-refractivity contribution is 6.06. The van der Waals surface area contributed by atoms with Gasteiger partial charge in [0, 0.05) is 22.0 Å². The average Bonchev–Trinajstić information content (AvgIpc) is 0.827. The fraction of sp³-hybridized carbons (Fsp3) is 0.625. The first-order valence-electron chi connectivity index (χ1n) is 42.8. The van der Waals surface area contributed by atoms with Crippen LogP contribution in [0.2, 0.25) is 0 Å². The van der Waals surface area contributed by atoms with Crippen molar-refractivity contribution in [3.63, 3.8) is 0 Å². The molecule has 4 aromatic rings. The lowest BCUT2D eigenvalue weighted by atomic mass is 9.70. The molecule has 0 amide bonds. The molecule has 0 aliphatic carbocycles. The Hall–Kier alpha value is -7.84. The van der Waals surface area contributed by atoms with Crippen LogP contribution in [0.1, 0.15) is 338 Å². The zero-order valence-corrected chi connectivity index (χ0v) is 71.3. The highest BCUT2D eigenvalue weighted by atomic mass is 16.6. The van der Waals surface area contributed by atoms with Gasteiger partial charge in [-0.05, 0) is 53.4 Å². The number of hydrogen-bond donors (Lipinski definition) is 2. The molecule has 0 radical (unpaired) electrons. The van der Waals surface area contributed by atoms with Gasteiger partial charge >= 0.3 is 35.8 Å². The van der Waals surface area contributed by atoms with Crippen molar-refractivity contribution in [3.8, 4) is 12.1 Å². The Labute approximate surface area is 667 Å². The van der Waals surface area contributed by atoms with E-state index in [1.54, 1.807) is 52.0 Å². The predicted octanol–water partition coefficient (Wildman–Crippen LogP) is 25.8. The van der Waals surface area contributed by atoms with E-state index in [4.69, 9.17) is 18.9 Å². The van der Waals surface area contributed by atoms with Gasteiger partial charge in [0.25, 0.3) is 0 Å². The summed E-state index contributed by atoms with van der Waals surface area (Å²) in [5, 5.41) is 43.6. The first-order chi connectivity index (χ1) is 53.2. The normalized spacial score (nSPS) is 12.5. The zero-order valence-electron chi connectivity index (χ0n) is 71.3. The van der Waals surface area contributed by atoms with Crippen LogP contribution in [0.4, 0.5) is 0 Å². The second-order valence-corrected chi connectivity index (χ2v) is 30.2. The minimum Gasteiger partial charge on any atom is -0.481 e. The monoisotopic (exact) mass is 1520 g/mol. The summed E-state index contributed by atoms with van der Waals surface area (Å²) < 4.78 is 23.7. The quantitative estimate of drug-likeness (QED) is 0.0138. The molecule has 6 atom stereocenters. The van der Waals surface area contributed by atoms with Crippen LogP contribution in [0.25, 0.3) is 11.1 Å². The van der Waals surface area contributed by atoms with Crippen molar-refractivity contribution in [1.82, 2.24) is 0 Å². The summed E-state index contributed by atoms with van der Waals surface area (Å²) in [7, 11) is 0. The number of unbranched alkanes of at least 4 members (excludes halogenated alkanes) is 26. The fourth-order valence-corrected chi connectivity index (χ4v) is 13.6. The number of ether oxygens (including phenoxy) is 4. The maximum atomic E-state index is 15.1. The first kappa shape index (κ1) is 102. The van der Waals surface area contributed by atoms with E-state index in [-0.39, 0.29) is 62.8 Å². The molecule has 0 saturated heterocycles.